The van der Waals surface area contributed by atoms with E-state index in [4.69, 9.17) is 9.73 Å². The fraction of sp³-hybridized carbons (Fsp3) is 0.619. The number of carbonyl (C=O) groups is 1. The van der Waals surface area contributed by atoms with E-state index in [1.54, 1.807) is 4.90 Å². The van der Waals surface area contributed by atoms with Gasteiger partial charge in [0.2, 0.25) is 0 Å². The average Bonchev–Trinajstić information content (AvgIpc) is 3.10. The van der Waals surface area contributed by atoms with Gasteiger partial charge in [-0.1, -0.05) is 6.07 Å². The smallest absolute Gasteiger partial charge is 0.410 e. The van der Waals surface area contributed by atoms with Gasteiger partial charge in [0, 0.05) is 44.8 Å². The molecular weight excluding hydrogens is 509 g/mol. The van der Waals surface area contributed by atoms with Crippen molar-refractivity contribution in [2.75, 3.05) is 26.2 Å². The Hall–Kier alpha value is -2.11. The highest BCUT2D eigenvalue weighted by Gasteiger charge is 2.28. The Morgan fingerprint density at radius 2 is 2.13 bits per heavy atom. The van der Waals surface area contributed by atoms with Gasteiger partial charge in [0.15, 0.2) is 11.6 Å². The van der Waals surface area contributed by atoms with Crippen molar-refractivity contribution in [1.29, 1.82) is 0 Å². The molecule has 1 aliphatic rings. The van der Waals surface area contributed by atoms with Gasteiger partial charge in [-0.05, 0) is 52.7 Å². The Labute approximate surface area is 201 Å². The average molecular weight is 543 g/mol. The number of nitrogens with one attached hydrogen (secondary N) is 2. The fourth-order valence-electron chi connectivity index (χ4n) is 3.43. The van der Waals surface area contributed by atoms with Crippen molar-refractivity contribution in [3.05, 3.63) is 30.2 Å². The zero-order valence-corrected chi connectivity index (χ0v) is 21.1. The van der Waals surface area contributed by atoms with E-state index in [1.165, 1.54) is 0 Å². The zero-order valence-electron chi connectivity index (χ0n) is 18.8. The molecule has 10 heteroatoms. The summed E-state index contributed by atoms with van der Waals surface area (Å²) in [4.78, 5) is 18.9. The lowest BCUT2D eigenvalue weighted by molar-refractivity contribution is 0.0193. The van der Waals surface area contributed by atoms with Gasteiger partial charge in [0.25, 0.3) is 0 Å². The molecule has 0 aliphatic carbocycles. The number of halogens is 1. The second-order valence-corrected chi connectivity index (χ2v) is 8.47. The van der Waals surface area contributed by atoms with Crippen LogP contribution in [0.1, 0.15) is 46.4 Å². The third-order valence-corrected chi connectivity index (χ3v) is 4.75. The van der Waals surface area contributed by atoms with Gasteiger partial charge in [0.05, 0.1) is 0 Å². The lowest BCUT2D eigenvalue weighted by atomic mass is 10.1. The molecule has 0 spiro atoms. The molecule has 0 aromatic carbocycles. The summed E-state index contributed by atoms with van der Waals surface area (Å²) >= 11 is 0. The van der Waals surface area contributed by atoms with Gasteiger partial charge in [-0.2, -0.15) is 0 Å². The Kier molecular flexibility index (Phi) is 9.32. The number of carbonyl (C=O) groups excluding carboxylic acids is 1. The van der Waals surface area contributed by atoms with E-state index in [-0.39, 0.29) is 36.1 Å². The number of nitrogens with zero attached hydrogens (tertiary/aromatic N) is 5. The normalized spacial score (nSPS) is 17.2. The quantitative estimate of drug-likeness (QED) is 0.342. The lowest BCUT2D eigenvalue weighted by Gasteiger charge is -2.35. The SMILES string of the molecule is CCNC(=NCCc1nnc2ccccn12)NC1CCCN(C(=O)OC(C)(C)C)C1.I. The number of hydrogen-bond donors (Lipinski definition) is 2. The van der Waals surface area contributed by atoms with Crippen molar-refractivity contribution in [2.24, 2.45) is 4.99 Å². The third kappa shape index (κ3) is 7.51. The number of piperidine rings is 1. The Balaban J connectivity index is 0.00000341. The van der Waals surface area contributed by atoms with Crippen molar-refractivity contribution in [3.63, 3.8) is 0 Å². The highest BCUT2D eigenvalue weighted by atomic mass is 127. The van der Waals surface area contributed by atoms with Crippen molar-refractivity contribution < 1.29 is 9.53 Å². The maximum absolute atomic E-state index is 12.4. The van der Waals surface area contributed by atoms with E-state index in [2.05, 4.69) is 20.8 Å². The maximum Gasteiger partial charge on any atom is 0.410 e. The third-order valence-electron chi connectivity index (χ3n) is 4.75. The molecule has 3 rings (SSSR count). The second-order valence-electron chi connectivity index (χ2n) is 8.47. The number of ether oxygens (including phenoxy) is 1. The van der Waals surface area contributed by atoms with Gasteiger partial charge < -0.3 is 20.3 Å². The summed E-state index contributed by atoms with van der Waals surface area (Å²) in [6.07, 6.45) is 4.32. The van der Waals surface area contributed by atoms with Gasteiger partial charge in [0.1, 0.15) is 11.4 Å². The van der Waals surface area contributed by atoms with E-state index in [9.17, 15) is 4.79 Å². The zero-order chi connectivity index (χ0) is 21.6. The molecule has 3 heterocycles. The number of hydrogen-bond acceptors (Lipinski definition) is 5. The summed E-state index contributed by atoms with van der Waals surface area (Å²) in [5.74, 6) is 1.64. The monoisotopic (exact) mass is 543 g/mol. The van der Waals surface area contributed by atoms with Gasteiger partial charge >= 0.3 is 6.09 Å². The van der Waals surface area contributed by atoms with Crippen LogP contribution in [0.3, 0.4) is 0 Å². The summed E-state index contributed by atoms with van der Waals surface area (Å²) in [6, 6.07) is 5.99. The lowest BCUT2D eigenvalue weighted by Crippen LogP contribution is -2.53. The van der Waals surface area contributed by atoms with E-state index in [0.29, 0.717) is 19.5 Å². The van der Waals surface area contributed by atoms with Gasteiger partial charge in [-0.3, -0.25) is 9.39 Å². The van der Waals surface area contributed by atoms with E-state index in [0.717, 1.165) is 43.4 Å². The Bertz CT molecular complexity index is 878. The highest BCUT2D eigenvalue weighted by molar-refractivity contribution is 14.0. The Morgan fingerprint density at radius 3 is 2.87 bits per heavy atom. The van der Waals surface area contributed by atoms with Crippen LogP contribution in [0.2, 0.25) is 0 Å². The van der Waals surface area contributed by atoms with Crippen LogP contribution in [0.4, 0.5) is 4.79 Å². The van der Waals surface area contributed by atoms with Crippen molar-refractivity contribution in [1.82, 2.24) is 30.1 Å². The number of fused-ring (bicyclic) bond motifs is 1. The minimum Gasteiger partial charge on any atom is -0.444 e. The van der Waals surface area contributed by atoms with Crippen LogP contribution in [-0.4, -0.2) is 69.4 Å². The topological polar surface area (TPSA) is 96.1 Å². The van der Waals surface area contributed by atoms with Crippen LogP contribution in [0.15, 0.2) is 29.4 Å². The van der Waals surface area contributed by atoms with Gasteiger partial charge in [-0.15, -0.1) is 34.2 Å². The molecule has 1 unspecified atom stereocenters. The molecule has 1 saturated heterocycles. The summed E-state index contributed by atoms with van der Waals surface area (Å²) < 4.78 is 7.50. The van der Waals surface area contributed by atoms with Crippen LogP contribution in [-0.2, 0) is 11.2 Å². The molecule has 0 bridgehead atoms. The van der Waals surface area contributed by atoms with Crippen LogP contribution < -0.4 is 10.6 Å². The van der Waals surface area contributed by atoms with Gasteiger partial charge in [-0.25, -0.2) is 4.79 Å². The van der Waals surface area contributed by atoms with E-state index >= 15 is 0 Å². The molecule has 1 atom stereocenters. The summed E-state index contributed by atoms with van der Waals surface area (Å²) in [6.45, 7) is 10.4. The molecule has 0 saturated carbocycles. The molecule has 2 aromatic heterocycles. The molecule has 2 aromatic rings. The predicted octanol–water partition coefficient (Wildman–Crippen LogP) is 2.84. The minimum absolute atomic E-state index is 0. The maximum atomic E-state index is 12.4. The summed E-state index contributed by atoms with van der Waals surface area (Å²) in [5, 5.41) is 15.2. The number of guanidine groups is 1. The molecule has 9 nitrogen and oxygen atoms in total. The van der Waals surface area contributed by atoms with Crippen molar-refractivity contribution in [3.8, 4) is 0 Å². The standard InChI is InChI=1S/C21H33N7O2.HI/c1-5-22-19(23-12-11-18-26-25-17-10-6-7-14-28(17)18)24-16-9-8-13-27(15-16)20(29)30-21(2,3)4;/h6-7,10,14,16H,5,8-9,11-13,15H2,1-4H3,(H2,22,23,24);1H. The second kappa shape index (κ2) is 11.5. The number of pyridine rings is 1. The number of amides is 1. The molecule has 1 amide bonds. The first kappa shape index (κ1) is 25.2. The van der Waals surface area contributed by atoms with Crippen LogP contribution in [0.5, 0.6) is 0 Å². The first-order valence-electron chi connectivity index (χ1n) is 10.7. The van der Waals surface area contributed by atoms with Crippen LogP contribution in [0, 0.1) is 0 Å². The highest BCUT2D eigenvalue weighted by Crippen LogP contribution is 2.15. The fourth-order valence-corrected chi connectivity index (χ4v) is 3.43. The first-order chi connectivity index (χ1) is 14.4. The molecular formula is C21H34IN7O2. The molecule has 1 aliphatic heterocycles. The first-order valence-corrected chi connectivity index (χ1v) is 10.7. The summed E-state index contributed by atoms with van der Waals surface area (Å²) in [7, 11) is 0. The van der Waals surface area contributed by atoms with Crippen LogP contribution >= 0.6 is 24.0 Å². The summed E-state index contributed by atoms with van der Waals surface area (Å²) in [5.41, 5.74) is 0.352. The molecule has 172 valence electrons. The minimum atomic E-state index is -0.486. The molecule has 1 fully saturated rings. The molecule has 31 heavy (non-hydrogen) atoms. The van der Waals surface area contributed by atoms with Crippen LogP contribution in [0.25, 0.3) is 5.65 Å². The number of aliphatic imine (C=N–C) groups is 1. The number of rotatable bonds is 5. The van der Waals surface area contributed by atoms with Crippen molar-refractivity contribution >= 4 is 41.7 Å². The predicted molar refractivity (Wildman–Crippen MR) is 132 cm³/mol. The molecule has 0 radical (unpaired) electrons. The largest absolute Gasteiger partial charge is 0.444 e. The number of likely N-dealkylation sites (tertiary alicyclic amines) is 1. The number of aromatic nitrogens is 3. The van der Waals surface area contributed by atoms with E-state index < -0.39 is 5.60 Å². The van der Waals surface area contributed by atoms with Crippen molar-refractivity contribution in [2.45, 2.75) is 58.6 Å². The molecule has 2 N–H and O–H groups in total. The Morgan fingerprint density at radius 1 is 1.32 bits per heavy atom. The van der Waals surface area contributed by atoms with E-state index in [1.807, 2.05) is 56.5 Å².